The Kier molecular flexibility index (Phi) is 5.27. The van der Waals surface area contributed by atoms with Gasteiger partial charge in [0.05, 0.1) is 0 Å². The van der Waals surface area contributed by atoms with Gasteiger partial charge in [0.25, 0.3) is 0 Å². The van der Waals surface area contributed by atoms with E-state index in [1.165, 1.54) is 61.8 Å². The molecule has 1 atom stereocenters. The van der Waals surface area contributed by atoms with E-state index in [0.717, 1.165) is 17.0 Å². The summed E-state index contributed by atoms with van der Waals surface area (Å²) in [7, 11) is 0. The maximum Gasteiger partial charge on any atom is 0.123 e. The zero-order chi connectivity index (χ0) is 16.1. The highest BCUT2D eigenvalue weighted by molar-refractivity contribution is 5.70. The van der Waals surface area contributed by atoms with Crippen molar-refractivity contribution in [2.75, 3.05) is 0 Å². The third kappa shape index (κ3) is 4.10. The molecule has 0 nitrogen and oxygen atoms in total. The summed E-state index contributed by atoms with van der Waals surface area (Å²) < 4.78 is 13.0. The second-order valence-electron chi connectivity index (χ2n) is 6.60. The Balaban J connectivity index is 1.68. The van der Waals surface area contributed by atoms with Crippen molar-refractivity contribution < 1.29 is 4.39 Å². The Morgan fingerprint density at radius 1 is 0.913 bits per heavy atom. The molecule has 0 radical (unpaired) electrons. The van der Waals surface area contributed by atoms with Crippen LogP contribution in [0.1, 0.15) is 51.0 Å². The minimum Gasteiger partial charge on any atom is -0.207 e. The molecule has 1 heteroatoms. The van der Waals surface area contributed by atoms with Gasteiger partial charge in [-0.3, -0.25) is 0 Å². The van der Waals surface area contributed by atoms with Crippen molar-refractivity contribution in [3.63, 3.8) is 0 Å². The van der Waals surface area contributed by atoms with Crippen LogP contribution >= 0.6 is 0 Å². The highest BCUT2D eigenvalue weighted by atomic mass is 19.1. The number of halogens is 1. The third-order valence-corrected chi connectivity index (χ3v) is 4.92. The first-order valence-corrected chi connectivity index (χ1v) is 8.81. The van der Waals surface area contributed by atoms with Crippen LogP contribution in [0.4, 0.5) is 4.39 Å². The molecule has 1 aliphatic rings. The van der Waals surface area contributed by atoms with Gasteiger partial charge >= 0.3 is 0 Å². The maximum absolute atomic E-state index is 13.0. The van der Waals surface area contributed by atoms with Gasteiger partial charge < -0.3 is 0 Å². The van der Waals surface area contributed by atoms with Crippen molar-refractivity contribution in [2.45, 2.75) is 45.4 Å². The fraction of sp³-hybridized carbons (Fsp3) is 0.364. The van der Waals surface area contributed by atoms with Crippen LogP contribution in [-0.2, 0) is 0 Å². The van der Waals surface area contributed by atoms with Gasteiger partial charge in [-0.05, 0) is 59.6 Å². The molecule has 0 aromatic heterocycles. The largest absolute Gasteiger partial charge is 0.207 e. The molecule has 0 heterocycles. The number of rotatable bonds is 5. The van der Waals surface area contributed by atoms with Gasteiger partial charge in [-0.25, -0.2) is 4.39 Å². The average Bonchev–Trinajstić information content (AvgIpc) is 2.61. The van der Waals surface area contributed by atoms with Gasteiger partial charge in [-0.1, -0.05) is 68.7 Å². The lowest BCUT2D eigenvalue weighted by Crippen LogP contribution is -2.05. The van der Waals surface area contributed by atoms with Gasteiger partial charge in [-0.2, -0.15) is 0 Å². The zero-order valence-electron chi connectivity index (χ0n) is 13.9. The summed E-state index contributed by atoms with van der Waals surface area (Å²) in [6, 6.07) is 15.4. The van der Waals surface area contributed by atoms with Gasteiger partial charge in [-0.15, -0.1) is 0 Å². The molecule has 2 aromatic rings. The van der Waals surface area contributed by atoms with Gasteiger partial charge in [0, 0.05) is 0 Å². The van der Waals surface area contributed by atoms with E-state index in [9.17, 15) is 4.39 Å². The van der Waals surface area contributed by atoms with Gasteiger partial charge in [0.1, 0.15) is 5.82 Å². The first-order valence-electron chi connectivity index (χ1n) is 8.81. The summed E-state index contributed by atoms with van der Waals surface area (Å²) in [6.45, 7) is 2.27. The van der Waals surface area contributed by atoms with E-state index in [1.807, 2.05) is 12.1 Å². The average molecular weight is 308 g/mol. The fourth-order valence-electron chi connectivity index (χ4n) is 3.42. The Bertz CT molecular complexity index is 649. The highest BCUT2D eigenvalue weighted by Crippen LogP contribution is 2.33. The molecule has 1 unspecified atom stereocenters. The zero-order valence-corrected chi connectivity index (χ0v) is 13.9. The first-order chi connectivity index (χ1) is 11.3. The maximum atomic E-state index is 13.0. The molecule has 23 heavy (non-hydrogen) atoms. The summed E-state index contributed by atoms with van der Waals surface area (Å²) in [5.41, 5.74) is 5.04. The Labute approximate surface area is 139 Å². The fourth-order valence-corrected chi connectivity index (χ4v) is 3.42. The van der Waals surface area contributed by atoms with Gasteiger partial charge in [0.2, 0.25) is 0 Å². The predicted molar refractivity (Wildman–Crippen MR) is 96.7 cm³/mol. The minimum absolute atomic E-state index is 0.185. The minimum atomic E-state index is -0.185. The molecule has 120 valence electrons. The number of hydrogen-bond acceptors (Lipinski definition) is 0. The van der Waals surface area contributed by atoms with Crippen LogP contribution in [0, 0.1) is 11.7 Å². The molecular weight excluding hydrogens is 283 g/mol. The quantitative estimate of drug-likeness (QED) is 0.565. The SMILES string of the molecule is CCCCC1CC=C(c2ccc(-c3ccc(F)cc3)cc2)CC1. The van der Waals surface area contributed by atoms with Crippen LogP contribution in [0.2, 0.25) is 0 Å². The molecule has 1 aliphatic carbocycles. The highest BCUT2D eigenvalue weighted by Gasteiger charge is 2.15. The Morgan fingerprint density at radius 3 is 2.09 bits per heavy atom. The normalized spacial score (nSPS) is 17.8. The lowest BCUT2D eigenvalue weighted by Gasteiger charge is -2.22. The standard InChI is InChI=1S/C22H25F/c1-2-3-4-17-5-7-18(8-6-17)19-9-11-20(12-10-19)21-13-15-22(23)16-14-21/h7,9-17H,2-6,8H2,1H3. The van der Waals surface area contributed by atoms with E-state index in [0.29, 0.717) is 0 Å². The van der Waals surface area contributed by atoms with E-state index in [1.54, 1.807) is 0 Å². The van der Waals surface area contributed by atoms with E-state index in [-0.39, 0.29) is 5.82 Å². The van der Waals surface area contributed by atoms with Gasteiger partial charge in [0.15, 0.2) is 0 Å². The topological polar surface area (TPSA) is 0 Å². The van der Waals surface area contributed by atoms with Crippen LogP contribution in [0.25, 0.3) is 16.7 Å². The van der Waals surface area contributed by atoms with Crippen LogP contribution in [0.5, 0.6) is 0 Å². The van der Waals surface area contributed by atoms with Crippen molar-refractivity contribution >= 4 is 5.57 Å². The molecule has 3 rings (SSSR count). The lowest BCUT2D eigenvalue weighted by molar-refractivity contribution is 0.434. The van der Waals surface area contributed by atoms with Crippen LogP contribution in [0.3, 0.4) is 0 Å². The molecular formula is C22H25F. The smallest absolute Gasteiger partial charge is 0.123 e. The lowest BCUT2D eigenvalue weighted by atomic mass is 9.84. The third-order valence-electron chi connectivity index (χ3n) is 4.92. The predicted octanol–water partition coefficient (Wildman–Crippen LogP) is 6.87. The summed E-state index contributed by atoms with van der Waals surface area (Å²) in [6.07, 6.45) is 10.2. The second-order valence-corrected chi connectivity index (χ2v) is 6.60. The van der Waals surface area contributed by atoms with E-state index in [4.69, 9.17) is 0 Å². The molecule has 0 fully saturated rings. The van der Waals surface area contributed by atoms with Crippen LogP contribution < -0.4 is 0 Å². The van der Waals surface area contributed by atoms with Crippen molar-refractivity contribution in [3.05, 3.63) is 66.0 Å². The molecule has 0 aliphatic heterocycles. The van der Waals surface area contributed by atoms with E-state index < -0.39 is 0 Å². The Hall–Kier alpha value is -1.89. The molecule has 0 bridgehead atoms. The summed E-state index contributed by atoms with van der Waals surface area (Å²) in [5, 5.41) is 0. The first kappa shape index (κ1) is 16.0. The molecule has 0 saturated carbocycles. The molecule has 0 saturated heterocycles. The molecule has 0 spiro atoms. The second kappa shape index (κ2) is 7.59. The molecule has 0 amide bonds. The number of unbranched alkanes of at least 4 members (excludes halogenated alkanes) is 1. The number of hydrogen-bond donors (Lipinski definition) is 0. The van der Waals surface area contributed by atoms with Crippen molar-refractivity contribution in [1.82, 2.24) is 0 Å². The Morgan fingerprint density at radius 2 is 1.52 bits per heavy atom. The van der Waals surface area contributed by atoms with Crippen molar-refractivity contribution in [1.29, 1.82) is 0 Å². The number of allylic oxidation sites excluding steroid dienone is 2. The summed E-state index contributed by atoms with van der Waals surface area (Å²) >= 11 is 0. The summed E-state index contributed by atoms with van der Waals surface area (Å²) in [5.74, 6) is 0.701. The van der Waals surface area contributed by atoms with Crippen LogP contribution in [0.15, 0.2) is 54.6 Å². The number of benzene rings is 2. The van der Waals surface area contributed by atoms with E-state index >= 15 is 0 Å². The molecule has 0 N–H and O–H groups in total. The van der Waals surface area contributed by atoms with Crippen molar-refractivity contribution in [3.8, 4) is 11.1 Å². The molecule has 2 aromatic carbocycles. The van der Waals surface area contributed by atoms with E-state index in [2.05, 4.69) is 37.3 Å². The monoisotopic (exact) mass is 308 g/mol. The summed E-state index contributed by atoms with van der Waals surface area (Å²) in [4.78, 5) is 0. The van der Waals surface area contributed by atoms with Crippen LogP contribution in [-0.4, -0.2) is 0 Å². The van der Waals surface area contributed by atoms with Crippen molar-refractivity contribution in [2.24, 2.45) is 5.92 Å².